The third-order valence-electron chi connectivity index (χ3n) is 2.21. The smallest absolute Gasteiger partial charge is 0.0842 e. The summed E-state index contributed by atoms with van der Waals surface area (Å²) in [6.45, 7) is 1.96. The molecule has 6 heteroatoms. The number of nitrogens with one attached hydrogen (secondary N) is 1. The van der Waals surface area contributed by atoms with E-state index in [2.05, 4.69) is 21.6 Å². The quantitative estimate of drug-likeness (QED) is 0.524. The molecule has 1 N–H and O–H groups in total. The van der Waals surface area contributed by atoms with E-state index in [9.17, 15) is 8.76 Å². The first-order chi connectivity index (χ1) is 8.79. The van der Waals surface area contributed by atoms with Gasteiger partial charge in [-0.2, -0.15) is 11.8 Å². The molecule has 0 fully saturated rings. The molecule has 4 nitrogen and oxygen atoms in total. The van der Waals surface area contributed by atoms with Crippen LogP contribution in [0.2, 0.25) is 0 Å². The topological polar surface area (TPSA) is 61.4 Å². The molecule has 0 radical (unpaired) electrons. The van der Waals surface area contributed by atoms with Crippen molar-refractivity contribution in [2.75, 3.05) is 25.4 Å². The summed E-state index contributed by atoms with van der Waals surface area (Å²) in [6, 6.07) is 10.4. The molecule has 1 atom stereocenters. The molecule has 1 rings (SSSR count). The zero-order chi connectivity index (χ0) is 13.1. The second-order valence-corrected chi connectivity index (χ2v) is 5.42. The van der Waals surface area contributed by atoms with Crippen LogP contribution in [0.1, 0.15) is 12.0 Å². The standard InChI is InChI=1S/C12H19NO3S2/c14-18(15)16-9-4-7-13-8-10-17-11-12-5-2-1-3-6-12/h1-3,5-6,13H,4,7-11H2,(H,14,15)/p-1. The average molecular weight is 288 g/mol. The summed E-state index contributed by atoms with van der Waals surface area (Å²) in [4.78, 5) is 0. The van der Waals surface area contributed by atoms with Crippen LogP contribution in [0.3, 0.4) is 0 Å². The van der Waals surface area contributed by atoms with Gasteiger partial charge in [-0.3, -0.25) is 0 Å². The molecule has 0 amide bonds. The first-order valence-corrected chi connectivity index (χ1v) is 7.99. The minimum atomic E-state index is -2.38. The zero-order valence-corrected chi connectivity index (χ0v) is 11.8. The SMILES string of the molecule is O=S([O-])OCCCNCCSCc1ccccc1. The van der Waals surface area contributed by atoms with Crippen molar-refractivity contribution < 1.29 is 12.9 Å². The minimum Gasteiger partial charge on any atom is -0.750 e. The van der Waals surface area contributed by atoms with Gasteiger partial charge in [-0.15, -0.1) is 0 Å². The third-order valence-corrected chi connectivity index (χ3v) is 3.60. The predicted octanol–water partition coefficient (Wildman–Crippen LogP) is 1.71. The number of benzene rings is 1. The second kappa shape index (κ2) is 10.5. The van der Waals surface area contributed by atoms with Crippen LogP contribution in [0.25, 0.3) is 0 Å². The second-order valence-electron chi connectivity index (χ2n) is 3.67. The highest BCUT2D eigenvalue weighted by Gasteiger charge is 1.93. The van der Waals surface area contributed by atoms with Gasteiger partial charge in [0.25, 0.3) is 0 Å². The van der Waals surface area contributed by atoms with Crippen LogP contribution >= 0.6 is 11.8 Å². The van der Waals surface area contributed by atoms with Crippen LogP contribution in [-0.4, -0.2) is 34.2 Å². The van der Waals surface area contributed by atoms with E-state index < -0.39 is 11.4 Å². The predicted molar refractivity (Wildman–Crippen MR) is 75.0 cm³/mol. The van der Waals surface area contributed by atoms with Gasteiger partial charge in [0.15, 0.2) is 0 Å². The summed E-state index contributed by atoms with van der Waals surface area (Å²) >= 11 is -0.496. The Morgan fingerprint density at radius 1 is 1.28 bits per heavy atom. The lowest BCUT2D eigenvalue weighted by molar-refractivity contribution is 0.294. The summed E-state index contributed by atoms with van der Waals surface area (Å²) in [7, 11) is 0. The van der Waals surface area contributed by atoms with Crippen LogP contribution in [0.15, 0.2) is 30.3 Å². The summed E-state index contributed by atoms with van der Waals surface area (Å²) in [5.41, 5.74) is 1.34. The number of hydrogen-bond acceptors (Lipinski definition) is 5. The Hall–Kier alpha value is -0.400. The fourth-order valence-electron chi connectivity index (χ4n) is 1.36. The number of hydrogen-bond donors (Lipinski definition) is 1. The van der Waals surface area contributed by atoms with E-state index in [1.807, 2.05) is 30.0 Å². The molecule has 0 aromatic heterocycles. The van der Waals surface area contributed by atoms with E-state index in [4.69, 9.17) is 0 Å². The molecule has 0 saturated heterocycles. The van der Waals surface area contributed by atoms with Crippen molar-refractivity contribution in [1.29, 1.82) is 0 Å². The summed E-state index contributed by atoms with van der Waals surface area (Å²) in [6.07, 6.45) is 0.706. The van der Waals surface area contributed by atoms with E-state index in [0.29, 0.717) is 6.42 Å². The van der Waals surface area contributed by atoms with E-state index in [-0.39, 0.29) is 6.61 Å². The molecule has 0 aliphatic rings. The van der Waals surface area contributed by atoms with Gasteiger partial charge in [0.05, 0.1) is 18.0 Å². The van der Waals surface area contributed by atoms with Gasteiger partial charge in [0.1, 0.15) is 0 Å². The molecule has 0 heterocycles. The van der Waals surface area contributed by atoms with Crippen molar-refractivity contribution in [3.05, 3.63) is 35.9 Å². The molecule has 0 spiro atoms. The maximum Gasteiger partial charge on any atom is 0.0842 e. The molecule has 0 saturated carbocycles. The molecule has 102 valence electrons. The molecule has 0 aliphatic heterocycles. The highest BCUT2D eigenvalue weighted by molar-refractivity contribution is 7.98. The molecular weight excluding hydrogens is 270 g/mol. The van der Waals surface area contributed by atoms with Crippen molar-refractivity contribution in [3.63, 3.8) is 0 Å². The van der Waals surface area contributed by atoms with Crippen molar-refractivity contribution in [3.8, 4) is 0 Å². The molecular formula is C12H18NO3S2-. The lowest BCUT2D eigenvalue weighted by Gasteiger charge is -2.06. The van der Waals surface area contributed by atoms with Gasteiger partial charge < -0.3 is 14.1 Å². The first-order valence-electron chi connectivity index (χ1n) is 5.84. The Balaban J connectivity index is 1.86. The molecule has 18 heavy (non-hydrogen) atoms. The Kier molecular flexibility index (Phi) is 9.15. The lowest BCUT2D eigenvalue weighted by atomic mass is 10.2. The van der Waals surface area contributed by atoms with Crippen molar-refractivity contribution >= 4 is 23.1 Å². The van der Waals surface area contributed by atoms with Crippen molar-refractivity contribution in [2.24, 2.45) is 0 Å². The van der Waals surface area contributed by atoms with Crippen LogP contribution in [0, 0.1) is 0 Å². The van der Waals surface area contributed by atoms with Gasteiger partial charge in [0.2, 0.25) is 0 Å². The van der Waals surface area contributed by atoms with E-state index in [1.54, 1.807) is 0 Å². The molecule has 0 aliphatic carbocycles. The Labute approximate surface area is 115 Å². The maximum absolute atomic E-state index is 10.1. The third kappa shape index (κ3) is 8.66. The lowest BCUT2D eigenvalue weighted by Crippen LogP contribution is -2.19. The summed E-state index contributed by atoms with van der Waals surface area (Å²) in [5.74, 6) is 2.07. The van der Waals surface area contributed by atoms with Gasteiger partial charge in [-0.25, -0.2) is 4.21 Å². The number of thioether (sulfide) groups is 1. The van der Waals surface area contributed by atoms with E-state index in [1.165, 1.54) is 5.56 Å². The molecule has 1 aromatic carbocycles. The van der Waals surface area contributed by atoms with Crippen LogP contribution < -0.4 is 5.32 Å². The van der Waals surface area contributed by atoms with Crippen molar-refractivity contribution in [2.45, 2.75) is 12.2 Å². The van der Waals surface area contributed by atoms with E-state index in [0.717, 1.165) is 24.6 Å². The normalized spacial score (nSPS) is 12.5. The van der Waals surface area contributed by atoms with E-state index >= 15 is 0 Å². The minimum absolute atomic E-state index is 0.250. The molecule has 0 bridgehead atoms. The monoisotopic (exact) mass is 288 g/mol. The van der Waals surface area contributed by atoms with Crippen LogP contribution in [0.5, 0.6) is 0 Å². The van der Waals surface area contributed by atoms with Crippen LogP contribution in [-0.2, 0) is 21.3 Å². The average Bonchev–Trinajstić information content (AvgIpc) is 2.37. The summed E-state index contributed by atoms with van der Waals surface area (Å²) in [5, 5.41) is 3.24. The van der Waals surface area contributed by atoms with Crippen molar-refractivity contribution in [1.82, 2.24) is 5.32 Å². The zero-order valence-electron chi connectivity index (χ0n) is 10.2. The Bertz CT molecular complexity index is 335. The largest absolute Gasteiger partial charge is 0.750 e. The highest BCUT2D eigenvalue weighted by Crippen LogP contribution is 2.10. The van der Waals surface area contributed by atoms with Gasteiger partial charge in [-0.1, -0.05) is 30.3 Å². The Morgan fingerprint density at radius 3 is 2.78 bits per heavy atom. The van der Waals surface area contributed by atoms with Crippen LogP contribution in [0.4, 0.5) is 0 Å². The highest BCUT2D eigenvalue weighted by atomic mass is 32.2. The fourth-order valence-corrected chi connectivity index (χ4v) is 2.47. The first kappa shape index (κ1) is 15.7. The number of rotatable bonds is 10. The molecule has 1 aromatic rings. The maximum atomic E-state index is 10.1. The Morgan fingerprint density at radius 2 is 2.06 bits per heavy atom. The fraction of sp³-hybridized carbons (Fsp3) is 0.500. The van der Waals surface area contributed by atoms with Gasteiger partial charge in [-0.05, 0) is 18.5 Å². The summed E-state index contributed by atoms with van der Waals surface area (Å²) < 4.78 is 24.5. The van der Waals surface area contributed by atoms with Gasteiger partial charge in [0, 0.05) is 18.1 Å². The van der Waals surface area contributed by atoms with Gasteiger partial charge >= 0.3 is 0 Å². The molecule has 1 unspecified atom stereocenters.